The van der Waals surface area contributed by atoms with E-state index in [1.165, 1.54) is 30.9 Å². The second kappa shape index (κ2) is 9.64. The number of nitrogens with zero attached hydrogens (tertiary/aromatic N) is 5. The van der Waals surface area contributed by atoms with Crippen LogP contribution in [0.2, 0.25) is 0 Å². The number of hydrogen-bond donors (Lipinski definition) is 1. The maximum absolute atomic E-state index is 13.0. The van der Waals surface area contributed by atoms with Crippen LogP contribution in [0.5, 0.6) is 0 Å². The Morgan fingerprint density at radius 3 is 2.48 bits per heavy atom. The van der Waals surface area contributed by atoms with E-state index >= 15 is 0 Å². The van der Waals surface area contributed by atoms with Gasteiger partial charge in [-0.25, -0.2) is 0 Å². The first-order chi connectivity index (χ1) is 15.0. The number of anilines is 1. The van der Waals surface area contributed by atoms with Crippen molar-refractivity contribution in [2.75, 3.05) is 31.5 Å². The third-order valence-electron chi connectivity index (χ3n) is 5.80. The summed E-state index contributed by atoms with van der Waals surface area (Å²) in [5, 5.41) is 13.8. The quantitative estimate of drug-likeness (QED) is 0.538. The molecule has 6 nitrogen and oxygen atoms in total. The highest BCUT2D eigenvalue weighted by Crippen LogP contribution is 2.27. The van der Waals surface area contributed by atoms with Crippen molar-refractivity contribution < 1.29 is 13.2 Å². The fourth-order valence-corrected chi connectivity index (χ4v) is 4.10. The van der Waals surface area contributed by atoms with Crippen molar-refractivity contribution >= 4 is 11.5 Å². The molecule has 1 aromatic carbocycles. The molecule has 1 aliphatic heterocycles. The van der Waals surface area contributed by atoms with Crippen LogP contribution >= 0.6 is 0 Å². The molecule has 9 heteroatoms. The van der Waals surface area contributed by atoms with Crippen LogP contribution in [-0.2, 0) is 12.6 Å². The summed E-state index contributed by atoms with van der Waals surface area (Å²) in [5.74, 6) is 0.0434. The van der Waals surface area contributed by atoms with E-state index in [-0.39, 0.29) is 5.65 Å². The van der Waals surface area contributed by atoms with Gasteiger partial charge in [-0.15, -0.1) is 15.3 Å². The topological polar surface area (TPSA) is 58.4 Å². The van der Waals surface area contributed by atoms with E-state index < -0.39 is 12.0 Å². The Morgan fingerprint density at radius 1 is 0.968 bits per heavy atom. The van der Waals surface area contributed by atoms with E-state index in [9.17, 15) is 13.2 Å². The molecule has 0 saturated carbocycles. The highest BCUT2D eigenvalue weighted by Gasteiger charge is 2.37. The van der Waals surface area contributed by atoms with Gasteiger partial charge in [0.2, 0.25) is 0 Å². The molecule has 2 aromatic heterocycles. The number of nitrogens with one attached hydrogen (secondary N) is 1. The molecule has 1 aliphatic rings. The lowest BCUT2D eigenvalue weighted by atomic mass is 9.90. The van der Waals surface area contributed by atoms with Gasteiger partial charge in [0.15, 0.2) is 5.65 Å². The van der Waals surface area contributed by atoms with Gasteiger partial charge in [-0.05, 0) is 75.4 Å². The summed E-state index contributed by atoms with van der Waals surface area (Å²) in [6, 6.07) is 13.8. The molecule has 3 aromatic rings. The van der Waals surface area contributed by atoms with E-state index in [4.69, 9.17) is 0 Å². The maximum atomic E-state index is 13.0. The minimum absolute atomic E-state index is 0.0774. The molecular formula is C22H27F3N6. The van der Waals surface area contributed by atoms with Crippen molar-refractivity contribution in [2.24, 2.45) is 5.92 Å². The number of unbranched alkanes of at least 4 members (excludes halogenated alkanes) is 1. The Morgan fingerprint density at radius 2 is 1.74 bits per heavy atom. The Balaban J connectivity index is 1.16. The van der Waals surface area contributed by atoms with E-state index in [0.29, 0.717) is 12.4 Å². The normalized spacial score (nSPS) is 16.1. The van der Waals surface area contributed by atoms with Crippen LogP contribution in [0.15, 0.2) is 42.5 Å². The number of piperidine rings is 1. The van der Waals surface area contributed by atoms with E-state index in [1.54, 1.807) is 6.07 Å². The molecule has 0 radical (unpaired) electrons. The van der Waals surface area contributed by atoms with Gasteiger partial charge in [0, 0.05) is 6.54 Å². The number of hydrogen-bond acceptors (Lipinski definition) is 5. The number of rotatable bonds is 8. The first kappa shape index (κ1) is 21.5. The molecule has 0 amide bonds. The summed E-state index contributed by atoms with van der Waals surface area (Å²) < 4.78 is 39.6. The molecule has 0 unspecified atom stereocenters. The molecule has 31 heavy (non-hydrogen) atoms. The fourth-order valence-electron chi connectivity index (χ4n) is 4.10. The van der Waals surface area contributed by atoms with Crippen molar-refractivity contribution in [2.45, 2.75) is 38.3 Å². The molecule has 4 rings (SSSR count). The fraction of sp³-hybridized carbons (Fsp3) is 0.500. The highest BCUT2D eigenvalue weighted by atomic mass is 19.4. The standard InChI is InChI=1S/C22H27F3N6/c23-22(24,25)21-28-27-20-9-8-19(29-31(20)21)26-12-4-5-13-30-14-10-18(11-15-30)16-17-6-2-1-3-7-17/h1-3,6-9,18H,4-5,10-16H2,(H,26,29). The molecule has 0 aliphatic carbocycles. The average Bonchev–Trinajstić information content (AvgIpc) is 3.19. The Labute approximate surface area is 179 Å². The zero-order valence-electron chi connectivity index (χ0n) is 17.4. The van der Waals surface area contributed by atoms with Crippen molar-refractivity contribution in [1.82, 2.24) is 24.7 Å². The van der Waals surface area contributed by atoms with E-state index in [0.717, 1.165) is 42.9 Å². The first-order valence-electron chi connectivity index (χ1n) is 10.8. The first-order valence-corrected chi connectivity index (χ1v) is 10.8. The zero-order chi connectivity index (χ0) is 21.7. The summed E-state index contributed by atoms with van der Waals surface area (Å²) in [7, 11) is 0. The Bertz CT molecular complexity index is 964. The predicted octanol–water partition coefficient (Wildman–Crippen LogP) is 4.29. The molecular weight excluding hydrogens is 405 g/mol. The summed E-state index contributed by atoms with van der Waals surface area (Å²) >= 11 is 0. The van der Waals surface area contributed by atoms with Crippen molar-refractivity contribution in [3.63, 3.8) is 0 Å². The van der Waals surface area contributed by atoms with Gasteiger partial charge in [-0.2, -0.15) is 17.7 Å². The van der Waals surface area contributed by atoms with Gasteiger partial charge in [0.1, 0.15) is 5.82 Å². The molecule has 1 saturated heterocycles. The van der Waals surface area contributed by atoms with Gasteiger partial charge in [-0.3, -0.25) is 0 Å². The van der Waals surface area contributed by atoms with Gasteiger partial charge in [0.05, 0.1) is 0 Å². The second-order valence-electron chi connectivity index (χ2n) is 8.12. The molecule has 3 heterocycles. The van der Waals surface area contributed by atoms with Crippen LogP contribution in [0.1, 0.15) is 37.1 Å². The van der Waals surface area contributed by atoms with Crippen LogP contribution in [-0.4, -0.2) is 50.9 Å². The predicted molar refractivity (Wildman–Crippen MR) is 113 cm³/mol. The lowest BCUT2D eigenvalue weighted by Crippen LogP contribution is -2.35. The summed E-state index contributed by atoms with van der Waals surface area (Å²) in [5.41, 5.74) is 1.50. The second-order valence-corrected chi connectivity index (χ2v) is 8.12. The smallest absolute Gasteiger partial charge is 0.369 e. The number of halogens is 3. The largest absolute Gasteiger partial charge is 0.453 e. The molecule has 0 spiro atoms. The average molecular weight is 432 g/mol. The minimum atomic E-state index is -4.58. The van der Waals surface area contributed by atoms with Gasteiger partial charge < -0.3 is 10.2 Å². The van der Waals surface area contributed by atoms with Gasteiger partial charge in [-0.1, -0.05) is 30.3 Å². The zero-order valence-corrected chi connectivity index (χ0v) is 17.4. The van der Waals surface area contributed by atoms with E-state index in [1.807, 2.05) is 0 Å². The number of likely N-dealkylation sites (tertiary alicyclic amines) is 1. The third kappa shape index (κ3) is 5.72. The van der Waals surface area contributed by atoms with Crippen LogP contribution in [0.25, 0.3) is 5.65 Å². The van der Waals surface area contributed by atoms with Crippen LogP contribution in [0.4, 0.5) is 19.0 Å². The number of fused-ring (bicyclic) bond motifs is 1. The SMILES string of the molecule is FC(F)(F)c1nnc2ccc(NCCCCN3CCC(Cc4ccccc4)CC3)nn12. The van der Waals surface area contributed by atoms with Gasteiger partial charge >= 0.3 is 6.18 Å². The molecule has 1 fully saturated rings. The Kier molecular flexibility index (Phi) is 6.70. The summed E-state index contributed by atoms with van der Waals surface area (Å²) in [6.07, 6.45) is 1.02. The third-order valence-corrected chi connectivity index (χ3v) is 5.80. The van der Waals surface area contributed by atoms with Gasteiger partial charge in [0.25, 0.3) is 5.82 Å². The lowest BCUT2D eigenvalue weighted by molar-refractivity contribution is -0.146. The summed E-state index contributed by atoms with van der Waals surface area (Å²) in [6.45, 7) is 3.98. The molecule has 1 N–H and O–H groups in total. The molecule has 0 atom stereocenters. The highest BCUT2D eigenvalue weighted by molar-refractivity contribution is 5.44. The maximum Gasteiger partial charge on any atom is 0.453 e. The van der Waals surface area contributed by atoms with Crippen LogP contribution in [0.3, 0.4) is 0 Å². The van der Waals surface area contributed by atoms with Crippen LogP contribution < -0.4 is 5.32 Å². The minimum Gasteiger partial charge on any atom is -0.369 e. The number of benzene rings is 1. The van der Waals surface area contributed by atoms with E-state index in [2.05, 4.69) is 55.8 Å². The van der Waals surface area contributed by atoms with Crippen molar-refractivity contribution in [3.8, 4) is 0 Å². The Hall–Kier alpha value is -2.68. The van der Waals surface area contributed by atoms with Crippen molar-refractivity contribution in [3.05, 3.63) is 53.9 Å². The number of aromatic nitrogens is 4. The lowest BCUT2D eigenvalue weighted by Gasteiger charge is -2.32. The van der Waals surface area contributed by atoms with Crippen LogP contribution in [0, 0.1) is 5.92 Å². The van der Waals surface area contributed by atoms with Crippen molar-refractivity contribution in [1.29, 1.82) is 0 Å². The number of alkyl halides is 3. The molecule has 166 valence electrons. The monoisotopic (exact) mass is 432 g/mol. The summed E-state index contributed by atoms with van der Waals surface area (Å²) in [4.78, 5) is 2.51. The molecule has 0 bridgehead atoms.